The van der Waals surface area contributed by atoms with E-state index in [9.17, 15) is 13.2 Å². The Balaban J connectivity index is 2.25. The lowest BCUT2D eigenvalue weighted by molar-refractivity contribution is -0.135. The SMILES string of the molecule is CCc1nc2cc(N)ccc2n1CCCC(F)(F)F. The van der Waals surface area contributed by atoms with Gasteiger partial charge in [-0.1, -0.05) is 6.92 Å². The molecule has 0 spiro atoms. The number of alkyl halides is 3. The van der Waals surface area contributed by atoms with Crippen molar-refractivity contribution in [3.63, 3.8) is 0 Å². The minimum atomic E-state index is -4.10. The van der Waals surface area contributed by atoms with Crippen LogP contribution in [0.5, 0.6) is 0 Å². The third-order valence-electron chi connectivity index (χ3n) is 3.01. The van der Waals surface area contributed by atoms with E-state index in [0.29, 0.717) is 18.7 Å². The molecule has 0 bridgehead atoms. The van der Waals surface area contributed by atoms with Gasteiger partial charge in [0.15, 0.2) is 0 Å². The molecule has 2 N–H and O–H groups in total. The van der Waals surface area contributed by atoms with Gasteiger partial charge in [0.2, 0.25) is 0 Å². The first-order chi connectivity index (χ1) is 8.90. The summed E-state index contributed by atoms with van der Waals surface area (Å²) >= 11 is 0. The van der Waals surface area contributed by atoms with E-state index in [2.05, 4.69) is 4.98 Å². The Kier molecular flexibility index (Phi) is 3.68. The van der Waals surface area contributed by atoms with Crippen LogP contribution < -0.4 is 5.73 Å². The standard InChI is InChI=1S/C13H16F3N3/c1-2-12-18-10-8-9(17)4-5-11(10)19(12)7-3-6-13(14,15)16/h4-5,8H,2-3,6-7,17H2,1H3. The topological polar surface area (TPSA) is 43.8 Å². The first-order valence-corrected chi connectivity index (χ1v) is 6.22. The minimum Gasteiger partial charge on any atom is -0.399 e. The molecule has 3 nitrogen and oxygen atoms in total. The predicted molar refractivity (Wildman–Crippen MR) is 68.8 cm³/mol. The maximum atomic E-state index is 12.2. The number of aromatic nitrogens is 2. The summed E-state index contributed by atoms with van der Waals surface area (Å²) in [6.07, 6.45) is -4.13. The number of nitrogens with zero attached hydrogens (tertiary/aromatic N) is 2. The summed E-state index contributed by atoms with van der Waals surface area (Å²) in [6.45, 7) is 2.26. The highest BCUT2D eigenvalue weighted by atomic mass is 19.4. The van der Waals surface area contributed by atoms with Crippen molar-refractivity contribution < 1.29 is 13.2 Å². The number of nitrogen functional groups attached to an aromatic ring is 1. The van der Waals surface area contributed by atoms with Crippen molar-refractivity contribution >= 4 is 16.7 Å². The average Bonchev–Trinajstić information content (AvgIpc) is 2.65. The quantitative estimate of drug-likeness (QED) is 0.865. The van der Waals surface area contributed by atoms with Crippen molar-refractivity contribution in [2.45, 2.75) is 38.9 Å². The van der Waals surface area contributed by atoms with E-state index >= 15 is 0 Å². The Morgan fingerprint density at radius 2 is 2.05 bits per heavy atom. The minimum absolute atomic E-state index is 0.0618. The molecule has 104 valence electrons. The second-order valence-corrected chi connectivity index (χ2v) is 4.50. The maximum Gasteiger partial charge on any atom is 0.389 e. The highest BCUT2D eigenvalue weighted by Gasteiger charge is 2.26. The van der Waals surface area contributed by atoms with Crippen molar-refractivity contribution in [3.05, 3.63) is 24.0 Å². The van der Waals surface area contributed by atoms with Crippen LogP contribution in [-0.4, -0.2) is 15.7 Å². The number of hydrogen-bond acceptors (Lipinski definition) is 2. The Morgan fingerprint density at radius 3 is 2.68 bits per heavy atom. The Hall–Kier alpha value is -1.72. The molecule has 0 radical (unpaired) electrons. The molecule has 0 aliphatic rings. The van der Waals surface area contributed by atoms with Gasteiger partial charge in [-0.05, 0) is 24.6 Å². The number of aryl methyl sites for hydroxylation is 2. The van der Waals surface area contributed by atoms with Gasteiger partial charge in [-0.15, -0.1) is 0 Å². The summed E-state index contributed by atoms with van der Waals surface area (Å²) in [5.41, 5.74) is 7.87. The third kappa shape index (κ3) is 3.19. The number of fused-ring (bicyclic) bond motifs is 1. The zero-order valence-corrected chi connectivity index (χ0v) is 10.7. The van der Waals surface area contributed by atoms with Crippen LogP contribution in [0.15, 0.2) is 18.2 Å². The molecule has 0 fully saturated rings. The molecule has 0 aliphatic heterocycles. The number of imidazole rings is 1. The maximum absolute atomic E-state index is 12.2. The van der Waals surface area contributed by atoms with Crippen molar-refractivity contribution in [1.82, 2.24) is 9.55 Å². The Morgan fingerprint density at radius 1 is 1.32 bits per heavy atom. The van der Waals surface area contributed by atoms with Crippen LogP contribution in [0.3, 0.4) is 0 Å². The molecule has 1 aromatic heterocycles. The molecule has 0 amide bonds. The second kappa shape index (κ2) is 5.11. The molecular formula is C13H16F3N3. The normalized spacial score (nSPS) is 12.2. The molecule has 0 atom stereocenters. The van der Waals surface area contributed by atoms with E-state index in [4.69, 9.17) is 5.73 Å². The summed E-state index contributed by atoms with van der Waals surface area (Å²) in [7, 11) is 0. The van der Waals surface area contributed by atoms with Crippen LogP contribution in [0.2, 0.25) is 0 Å². The van der Waals surface area contributed by atoms with Gasteiger partial charge in [0, 0.05) is 25.1 Å². The molecular weight excluding hydrogens is 255 g/mol. The largest absolute Gasteiger partial charge is 0.399 e. The van der Waals surface area contributed by atoms with Gasteiger partial charge in [-0.2, -0.15) is 13.2 Å². The summed E-state index contributed by atoms with van der Waals surface area (Å²) in [5, 5.41) is 0. The average molecular weight is 271 g/mol. The smallest absolute Gasteiger partial charge is 0.389 e. The fourth-order valence-corrected chi connectivity index (χ4v) is 2.15. The van der Waals surface area contributed by atoms with Crippen LogP contribution in [0.25, 0.3) is 11.0 Å². The lowest BCUT2D eigenvalue weighted by Gasteiger charge is -2.09. The first kappa shape index (κ1) is 13.7. The van der Waals surface area contributed by atoms with E-state index < -0.39 is 12.6 Å². The molecule has 1 aromatic carbocycles. The summed E-state index contributed by atoms with van der Waals surface area (Å²) in [4.78, 5) is 4.41. The number of nitrogens with two attached hydrogens (primary N) is 1. The summed E-state index contributed by atoms with van der Waals surface area (Å²) in [5.74, 6) is 0.794. The van der Waals surface area contributed by atoms with Crippen LogP contribution in [0.1, 0.15) is 25.6 Å². The molecule has 2 aromatic rings. The molecule has 0 saturated heterocycles. The van der Waals surface area contributed by atoms with E-state index in [1.54, 1.807) is 12.1 Å². The van der Waals surface area contributed by atoms with Crippen molar-refractivity contribution in [2.75, 3.05) is 5.73 Å². The van der Waals surface area contributed by atoms with Gasteiger partial charge in [0.1, 0.15) is 5.82 Å². The van der Waals surface area contributed by atoms with E-state index in [1.165, 1.54) is 0 Å². The van der Waals surface area contributed by atoms with Gasteiger partial charge >= 0.3 is 6.18 Å². The van der Waals surface area contributed by atoms with Gasteiger partial charge in [0.25, 0.3) is 0 Å². The van der Waals surface area contributed by atoms with Crippen LogP contribution in [0, 0.1) is 0 Å². The van der Waals surface area contributed by atoms with Crippen LogP contribution in [0.4, 0.5) is 18.9 Å². The number of hydrogen-bond donors (Lipinski definition) is 1. The highest BCUT2D eigenvalue weighted by molar-refractivity contribution is 5.79. The fourth-order valence-electron chi connectivity index (χ4n) is 2.15. The Bertz CT molecular complexity index is 572. The lowest BCUT2D eigenvalue weighted by Crippen LogP contribution is -2.10. The third-order valence-corrected chi connectivity index (χ3v) is 3.01. The predicted octanol–water partition coefficient (Wildman–Crippen LogP) is 3.52. The van der Waals surface area contributed by atoms with Gasteiger partial charge in [-0.25, -0.2) is 4.98 Å². The molecule has 0 saturated carbocycles. The van der Waals surface area contributed by atoms with Gasteiger partial charge < -0.3 is 10.3 Å². The van der Waals surface area contributed by atoms with Crippen molar-refractivity contribution in [1.29, 1.82) is 0 Å². The fraction of sp³-hybridized carbons (Fsp3) is 0.462. The zero-order chi connectivity index (χ0) is 14.0. The van der Waals surface area contributed by atoms with Crippen LogP contribution in [-0.2, 0) is 13.0 Å². The van der Waals surface area contributed by atoms with Gasteiger partial charge in [0.05, 0.1) is 11.0 Å². The van der Waals surface area contributed by atoms with E-state index in [1.807, 2.05) is 17.6 Å². The molecule has 0 aliphatic carbocycles. The number of anilines is 1. The van der Waals surface area contributed by atoms with E-state index in [-0.39, 0.29) is 6.42 Å². The van der Waals surface area contributed by atoms with Crippen molar-refractivity contribution in [2.24, 2.45) is 0 Å². The highest BCUT2D eigenvalue weighted by Crippen LogP contribution is 2.24. The van der Waals surface area contributed by atoms with Crippen molar-refractivity contribution in [3.8, 4) is 0 Å². The lowest BCUT2D eigenvalue weighted by atomic mass is 10.2. The monoisotopic (exact) mass is 271 g/mol. The second-order valence-electron chi connectivity index (χ2n) is 4.50. The number of halogens is 3. The zero-order valence-electron chi connectivity index (χ0n) is 10.7. The van der Waals surface area contributed by atoms with Gasteiger partial charge in [-0.3, -0.25) is 0 Å². The Labute approximate surface area is 109 Å². The summed E-state index contributed by atoms with van der Waals surface area (Å²) in [6, 6.07) is 5.29. The van der Waals surface area contributed by atoms with E-state index in [0.717, 1.165) is 16.9 Å². The van der Waals surface area contributed by atoms with Crippen LogP contribution >= 0.6 is 0 Å². The molecule has 0 unspecified atom stereocenters. The molecule has 1 heterocycles. The molecule has 2 rings (SSSR count). The number of rotatable bonds is 4. The first-order valence-electron chi connectivity index (χ1n) is 6.22. The molecule has 19 heavy (non-hydrogen) atoms. The molecule has 6 heteroatoms. The summed E-state index contributed by atoms with van der Waals surface area (Å²) < 4.78 is 38.4. The number of benzene rings is 1.